The van der Waals surface area contributed by atoms with Crippen LogP contribution in [-0.2, 0) is 21.4 Å². The molecule has 1 amide bonds. The van der Waals surface area contributed by atoms with E-state index in [9.17, 15) is 13.2 Å². The van der Waals surface area contributed by atoms with E-state index in [1.807, 2.05) is 72.2 Å². The van der Waals surface area contributed by atoms with Crippen molar-refractivity contribution in [1.82, 2.24) is 4.57 Å². The zero-order valence-electron chi connectivity index (χ0n) is 17.5. The van der Waals surface area contributed by atoms with E-state index >= 15 is 0 Å². The van der Waals surface area contributed by atoms with Crippen molar-refractivity contribution >= 4 is 37.5 Å². The first-order valence-corrected chi connectivity index (χ1v) is 12.6. The van der Waals surface area contributed by atoms with Gasteiger partial charge in [-0.1, -0.05) is 78.9 Å². The Kier molecular flexibility index (Phi) is 6.36. The third-order valence-corrected chi connectivity index (χ3v) is 7.10. The molecular weight excluding hydrogens is 442 g/mol. The molecule has 0 aliphatic rings. The molecular formula is C24H23N3O3S2. The Morgan fingerprint density at radius 3 is 2.12 bits per heavy atom. The smallest absolute Gasteiger partial charge is 0.260 e. The summed E-state index contributed by atoms with van der Waals surface area (Å²) in [6.45, 7) is 2.69. The summed E-state index contributed by atoms with van der Waals surface area (Å²) in [5, 5.41) is 5.29. The summed E-state index contributed by atoms with van der Waals surface area (Å²) >= 11 is 1.29. The topological polar surface area (TPSA) is 94.5 Å². The van der Waals surface area contributed by atoms with E-state index in [0.29, 0.717) is 16.0 Å². The van der Waals surface area contributed by atoms with E-state index in [0.717, 1.165) is 23.1 Å². The minimum atomic E-state index is -3.82. The molecule has 6 nitrogen and oxygen atoms in total. The summed E-state index contributed by atoms with van der Waals surface area (Å²) in [4.78, 5) is 18.6. The standard InChI is InChI=1S/C24H23N3O3S2/c1-2-15-27-20-14-13-19(32(25,29)30)16-21(20)31-24(27)26-23(28)22(17-9-5-3-6-10-17)18-11-7-4-8-12-18/h3-14,16,22H,2,15H2,1H3,(H2,25,29,30). The van der Waals surface area contributed by atoms with Gasteiger partial charge in [0.15, 0.2) is 4.80 Å². The SMILES string of the molecule is CCCn1c(=NC(=O)C(c2ccccc2)c2ccccc2)sc2cc(S(N)(=O)=O)ccc21. The molecule has 0 spiro atoms. The van der Waals surface area contributed by atoms with Crippen molar-refractivity contribution in [2.45, 2.75) is 30.7 Å². The van der Waals surface area contributed by atoms with Gasteiger partial charge in [-0.25, -0.2) is 13.6 Å². The highest BCUT2D eigenvalue weighted by Crippen LogP contribution is 2.26. The Morgan fingerprint density at radius 1 is 1.00 bits per heavy atom. The van der Waals surface area contributed by atoms with Gasteiger partial charge in [-0.15, -0.1) is 0 Å². The van der Waals surface area contributed by atoms with E-state index in [4.69, 9.17) is 5.14 Å². The van der Waals surface area contributed by atoms with Crippen LogP contribution < -0.4 is 9.94 Å². The number of hydrogen-bond donors (Lipinski definition) is 1. The summed E-state index contributed by atoms with van der Waals surface area (Å²) in [7, 11) is -3.82. The molecule has 0 bridgehead atoms. The van der Waals surface area contributed by atoms with Crippen molar-refractivity contribution in [2.24, 2.45) is 10.1 Å². The van der Waals surface area contributed by atoms with Gasteiger partial charge >= 0.3 is 0 Å². The van der Waals surface area contributed by atoms with Crippen LogP contribution in [0.4, 0.5) is 0 Å². The van der Waals surface area contributed by atoms with E-state index in [1.54, 1.807) is 6.07 Å². The molecule has 0 fully saturated rings. The molecule has 0 saturated carbocycles. The van der Waals surface area contributed by atoms with Crippen molar-refractivity contribution in [3.05, 3.63) is 94.8 Å². The molecule has 32 heavy (non-hydrogen) atoms. The van der Waals surface area contributed by atoms with Crippen LogP contribution >= 0.6 is 11.3 Å². The Morgan fingerprint density at radius 2 is 1.59 bits per heavy atom. The lowest BCUT2D eigenvalue weighted by Crippen LogP contribution is -2.20. The lowest BCUT2D eigenvalue weighted by atomic mass is 9.91. The summed E-state index contributed by atoms with van der Waals surface area (Å²) < 4.78 is 26.2. The number of hydrogen-bond acceptors (Lipinski definition) is 4. The van der Waals surface area contributed by atoms with Crippen LogP contribution in [0, 0.1) is 0 Å². The van der Waals surface area contributed by atoms with E-state index in [1.165, 1.54) is 23.5 Å². The number of aryl methyl sites for hydroxylation is 1. The fourth-order valence-electron chi connectivity index (χ4n) is 3.68. The van der Waals surface area contributed by atoms with Crippen LogP contribution in [0.5, 0.6) is 0 Å². The molecule has 0 radical (unpaired) electrons. The first-order valence-electron chi connectivity index (χ1n) is 10.2. The van der Waals surface area contributed by atoms with Crippen LogP contribution in [0.25, 0.3) is 10.2 Å². The average Bonchev–Trinajstić information content (AvgIpc) is 3.11. The molecule has 4 rings (SSSR count). The van der Waals surface area contributed by atoms with Gasteiger partial charge in [-0.2, -0.15) is 4.99 Å². The predicted octanol–water partition coefficient (Wildman–Crippen LogP) is 4.02. The summed E-state index contributed by atoms with van der Waals surface area (Å²) in [5.41, 5.74) is 2.56. The zero-order valence-corrected chi connectivity index (χ0v) is 19.1. The minimum Gasteiger partial charge on any atom is -0.316 e. The maximum absolute atomic E-state index is 13.5. The van der Waals surface area contributed by atoms with Gasteiger partial charge in [0.2, 0.25) is 10.0 Å². The summed E-state index contributed by atoms with van der Waals surface area (Å²) in [6, 6.07) is 23.9. The molecule has 0 aliphatic carbocycles. The van der Waals surface area contributed by atoms with Crippen LogP contribution in [0.1, 0.15) is 30.4 Å². The normalized spacial score (nSPS) is 12.5. The molecule has 164 valence electrons. The Balaban J connectivity index is 1.87. The number of nitrogens with two attached hydrogens (primary N) is 1. The lowest BCUT2D eigenvalue weighted by Gasteiger charge is -2.14. The molecule has 1 heterocycles. The van der Waals surface area contributed by atoms with Crippen molar-refractivity contribution in [3.8, 4) is 0 Å². The number of rotatable bonds is 6. The number of fused-ring (bicyclic) bond motifs is 1. The number of primary sulfonamides is 1. The van der Waals surface area contributed by atoms with Crippen LogP contribution in [0.15, 0.2) is 88.8 Å². The molecule has 0 saturated heterocycles. The molecule has 2 N–H and O–H groups in total. The summed E-state index contributed by atoms with van der Waals surface area (Å²) in [6.07, 6.45) is 0.838. The van der Waals surface area contributed by atoms with Gasteiger partial charge in [0.25, 0.3) is 5.91 Å². The Labute approximate surface area is 190 Å². The number of aromatic nitrogens is 1. The molecule has 0 unspecified atom stereocenters. The van der Waals surface area contributed by atoms with Crippen LogP contribution in [-0.4, -0.2) is 18.9 Å². The van der Waals surface area contributed by atoms with Crippen molar-refractivity contribution in [3.63, 3.8) is 0 Å². The van der Waals surface area contributed by atoms with Crippen molar-refractivity contribution < 1.29 is 13.2 Å². The molecule has 4 aromatic rings. The zero-order chi connectivity index (χ0) is 22.7. The first kappa shape index (κ1) is 22.1. The van der Waals surface area contributed by atoms with Crippen molar-refractivity contribution in [2.75, 3.05) is 0 Å². The predicted molar refractivity (Wildman–Crippen MR) is 127 cm³/mol. The van der Waals surface area contributed by atoms with Gasteiger partial charge in [-0.05, 0) is 35.7 Å². The Bertz CT molecular complexity index is 1380. The van der Waals surface area contributed by atoms with Gasteiger partial charge < -0.3 is 4.57 Å². The molecule has 1 aromatic heterocycles. The second-order valence-electron chi connectivity index (χ2n) is 7.42. The van der Waals surface area contributed by atoms with E-state index < -0.39 is 15.9 Å². The largest absolute Gasteiger partial charge is 0.316 e. The molecule has 0 aliphatic heterocycles. The van der Waals surface area contributed by atoms with Crippen molar-refractivity contribution in [1.29, 1.82) is 0 Å². The number of thiazole rings is 1. The first-order chi connectivity index (χ1) is 15.4. The number of nitrogens with zero attached hydrogens (tertiary/aromatic N) is 2. The quantitative estimate of drug-likeness (QED) is 0.466. The highest BCUT2D eigenvalue weighted by atomic mass is 32.2. The maximum atomic E-state index is 13.5. The van der Waals surface area contributed by atoms with E-state index in [-0.39, 0.29) is 10.8 Å². The maximum Gasteiger partial charge on any atom is 0.260 e. The van der Waals surface area contributed by atoms with Gasteiger partial charge in [0, 0.05) is 6.54 Å². The fraction of sp³-hybridized carbons (Fsp3) is 0.167. The fourth-order valence-corrected chi connectivity index (χ4v) is 5.40. The lowest BCUT2D eigenvalue weighted by molar-refractivity contribution is -0.118. The summed E-state index contributed by atoms with van der Waals surface area (Å²) in [5.74, 6) is -0.803. The van der Waals surface area contributed by atoms with E-state index in [2.05, 4.69) is 4.99 Å². The third-order valence-electron chi connectivity index (χ3n) is 5.15. The third kappa shape index (κ3) is 4.57. The average molecular weight is 466 g/mol. The van der Waals surface area contributed by atoms with Gasteiger partial charge in [0.05, 0.1) is 21.0 Å². The molecule has 0 atom stereocenters. The van der Waals surface area contributed by atoms with Gasteiger partial charge in [0.1, 0.15) is 0 Å². The number of amides is 1. The van der Waals surface area contributed by atoms with Gasteiger partial charge in [-0.3, -0.25) is 4.79 Å². The van der Waals surface area contributed by atoms with Crippen LogP contribution in [0.2, 0.25) is 0 Å². The minimum absolute atomic E-state index is 0.0409. The number of sulfonamides is 1. The molecule has 8 heteroatoms. The highest BCUT2D eigenvalue weighted by Gasteiger charge is 2.23. The number of carbonyl (C=O) groups is 1. The number of carbonyl (C=O) groups excluding carboxylic acids is 1. The monoisotopic (exact) mass is 465 g/mol. The molecule has 3 aromatic carbocycles. The Hall–Kier alpha value is -3.07. The van der Waals surface area contributed by atoms with Crippen LogP contribution in [0.3, 0.4) is 0 Å². The second kappa shape index (κ2) is 9.20. The second-order valence-corrected chi connectivity index (χ2v) is 9.99. The number of benzene rings is 3. The highest BCUT2D eigenvalue weighted by molar-refractivity contribution is 7.89.